The molecule has 1 aromatic carbocycles. The maximum absolute atomic E-state index is 12.9. The van der Waals surface area contributed by atoms with Crippen LogP contribution in [0.1, 0.15) is 37.7 Å². The van der Waals surface area contributed by atoms with E-state index in [-0.39, 0.29) is 5.91 Å². The van der Waals surface area contributed by atoms with E-state index in [1.165, 1.54) is 6.42 Å². The summed E-state index contributed by atoms with van der Waals surface area (Å²) in [4.78, 5) is 17.2. The van der Waals surface area contributed by atoms with Crippen molar-refractivity contribution in [2.45, 2.75) is 44.2 Å². The molecule has 2 N–H and O–H groups in total. The van der Waals surface area contributed by atoms with E-state index in [4.69, 9.17) is 15.2 Å². The Bertz CT molecular complexity index is 598. The summed E-state index contributed by atoms with van der Waals surface area (Å²) in [5.74, 6) is 1.76. The first-order valence-electron chi connectivity index (χ1n) is 9.57. The molecule has 1 aliphatic heterocycles. The molecule has 0 aromatic heterocycles. The third-order valence-electron chi connectivity index (χ3n) is 5.65. The largest absolute Gasteiger partial charge is 0.497 e. The second kappa shape index (κ2) is 8.27. The Kier molecular flexibility index (Phi) is 6.04. The van der Waals surface area contributed by atoms with Crippen LogP contribution >= 0.6 is 0 Å². The predicted molar refractivity (Wildman–Crippen MR) is 101 cm³/mol. The van der Waals surface area contributed by atoms with Crippen LogP contribution in [0.15, 0.2) is 18.2 Å². The molecule has 0 radical (unpaired) electrons. The van der Waals surface area contributed by atoms with E-state index in [0.29, 0.717) is 0 Å². The van der Waals surface area contributed by atoms with E-state index >= 15 is 0 Å². The molecule has 2 fully saturated rings. The van der Waals surface area contributed by atoms with Crippen molar-refractivity contribution in [1.82, 2.24) is 9.80 Å². The molecule has 6 heteroatoms. The Balaban J connectivity index is 1.56. The zero-order valence-electron chi connectivity index (χ0n) is 16.0. The van der Waals surface area contributed by atoms with Crippen molar-refractivity contribution in [2.75, 3.05) is 40.4 Å². The topological polar surface area (TPSA) is 68.0 Å². The van der Waals surface area contributed by atoms with Gasteiger partial charge >= 0.3 is 0 Å². The van der Waals surface area contributed by atoms with Crippen molar-refractivity contribution >= 4 is 5.91 Å². The van der Waals surface area contributed by atoms with Crippen LogP contribution in [0.3, 0.4) is 0 Å². The summed E-state index contributed by atoms with van der Waals surface area (Å²) in [6.45, 7) is 4.05. The Hall–Kier alpha value is -1.79. The van der Waals surface area contributed by atoms with Crippen LogP contribution in [0.2, 0.25) is 0 Å². The predicted octanol–water partition coefficient (Wildman–Crippen LogP) is 2.01. The van der Waals surface area contributed by atoms with E-state index < -0.39 is 5.54 Å². The van der Waals surface area contributed by atoms with Gasteiger partial charge in [-0.15, -0.1) is 0 Å². The number of ether oxygens (including phenoxy) is 2. The molecular formula is C20H31N3O3. The summed E-state index contributed by atoms with van der Waals surface area (Å²) in [6.07, 6.45) is 5.00. The quantitative estimate of drug-likeness (QED) is 0.869. The number of nitrogens with two attached hydrogens (primary N) is 1. The number of carbonyl (C=O) groups excluding carboxylic acids is 1. The van der Waals surface area contributed by atoms with Crippen LogP contribution < -0.4 is 15.2 Å². The molecule has 144 valence electrons. The number of rotatable bonds is 5. The minimum absolute atomic E-state index is 0.153. The fourth-order valence-corrected chi connectivity index (χ4v) is 4.04. The zero-order chi connectivity index (χ0) is 18.6. The van der Waals surface area contributed by atoms with Gasteiger partial charge in [-0.3, -0.25) is 9.69 Å². The molecule has 1 aromatic rings. The van der Waals surface area contributed by atoms with E-state index in [1.54, 1.807) is 14.2 Å². The second-order valence-corrected chi connectivity index (χ2v) is 7.51. The summed E-state index contributed by atoms with van der Waals surface area (Å²) in [7, 11) is 3.33. The molecule has 0 unspecified atom stereocenters. The maximum atomic E-state index is 12.9. The van der Waals surface area contributed by atoms with Gasteiger partial charge in [0.05, 0.1) is 19.8 Å². The molecule has 2 aliphatic rings. The van der Waals surface area contributed by atoms with Crippen molar-refractivity contribution in [3.05, 3.63) is 23.8 Å². The number of hydrogen-bond acceptors (Lipinski definition) is 5. The van der Waals surface area contributed by atoms with Crippen molar-refractivity contribution < 1.29 is 14.3 Å². The Morgan fingerprint density at radius 2 is 1.58 bits per heavy atom. The highest BCUT2D eigenvalue weighted by Gasteiger charge is 2.39. The number of benzene rings is 1. The van der Waals surface area contributed by atoms with Gasteiger partial charge in [0, 0.05) is 38.8 Å². The molecular weight excluding hydrogens is 330 g/mol. The third-order valence-corrected chi connectivity index (χ3v) is 5.65. The molecule has 0 atom stereocenters. The molecule has 26 heavy (non-hydrogen) atoms. The van der Waals surface area contributed by atoms with Gasteiger partial charge in [-0.05, 0) is 30.5 Å². The fourth-order valence-electron chi connectivity index (χ4n) is 4.04. The van der Waals surface area contributed by atoms with Crippen molar-refractivity contribution in [1.29, 1.82) is 0 Å². The number of piperazine rings is 1. The zero-order valence-corrected chi connectivity index (χ0v) is 16.0. The fraction of sp³-hybridized carbons (Fsp3) is 0.650. The van der Waals surface area contributed by atoms with Crippen LogP contribution in [0.25, 0.3) is 0 Å². The lowest BCUT2D eigenvalue weighted by Gasteiger charge is -2.41. The van der Waals surface area contributed by atoms with E-state index in [1.807, 2.05) is 23.1 Å². The van der Waals surface area contributed by atoms with Crippen LogP contribution in [-0.4, -0.2) is 61.6 Å². The van der Waals surface area contributed by atoms with E-state index in [9.17, 15) is 4.79 Å². The number of amides is 1. The lowest BCUT2D eigenvalue weighted by atomic mass is 9.81. The van der Waals surface area contributed by atoms with Gasteiger partial charge in [0.25, 0.3) is 0 Å². The molecule has 1 saturated heterocycles. The average molecular weight is 361 g/mol. The number of nitrogens with zero attached hydrogens (tertiary/aromatic N) is 2. The highest BCUT2D eigenvalue weighted by atomic mass is 16.5. The van der Waals surface area contributed by atoms with Gasteiger partial charge in [0.1, 0.15) is 11.5 Å². The van der Waals surface area contributed by atoms with Crippen molar-refractivity contribution in [2.24, 2.45) is 5.73 Å². The van der Waals surface area contributed by atoms with Gasteiger partial charge in [-0.2, -0.15) is 0 Å². The molecule has 1 amide bonds. The summed E-state index contributed by atoms with van der Waals surface area (Å²) < 4.78 is 10.7. The van der Waals surface area contributed by atoms with E-state index in [2.05, 4.69) is 4.90 Å². The second-order valence-electron chi connectivity index (χ2n) is 7.51. The van der Waals surface area contributed by atoms with Gasteiger partial charge in [-0.1, -0.05) is 19.3 Å². The molecule has 6 nitrogen and oxygen atoms in total. The number of methoxy groups -OCH3 is 2. The maximum Gasteiger partial charge on any atom is 0.242 e. The molecule has 1 aliphatic carbocycles. The van der Waals surface area contributed by atoms with Gasteiger partial charge < -0.3 is 20.1 Å². The van der Waals surface area contributed by atoms with Gasteiger partial charge in [0.15, 0.2) is 0 Å². The van der Waals surface area contributed by atoms with Crippen molar-refractivity contribution in [3.8, 4) is 11.5 Å². The molecule has 0 bridgehead atoms. The number of hydrogen-bond donors (Lipinski definition) is 1. The Morgan fingerprint density at radius 3 is 2.12 bits per heavy atom. The molecule has 1 saturated carbocycles. The minimum atomic E-state index is -0.624. The molecule has 0 spiro atoms. The normalized spacial score (nSPS) is 20.7. The third kappa shape index (κ3) is 4.30. The summed E-state index contributed by atoms with van der Waals surface area (Å²) in [5, 5.41) is 0. The first kappa shape index (κ1) is 19.0. The summed E-state index contributed by atoms with van der Waals surface area (Å²) >= 11 is 0. The lowest BCUT2D eigenvalue weighted by Crippen LogP contribution is -2.60. The number of carbonyl (C=O) groups is 1. The Morgan fingerprint density at radius 1 is 1.00 bits per heavy atom. The first-order chi connectivity index (χ1) is 12.5. The highest BCUT2D eigenvalue weighted by molar-refractivity contribution is 5.86. The minimum Gasteiger partial charge on any atom is -0.497 e. The van der Waals surface area contributed by atoms with Crippen LogP contribution in [0.4, 0.5) is 0 Å². The van der Waals surface area contributed by atoms with Crippen LogP contribution in [0.5, 0.6) is 11.5 Å². The smallest absolute Gasteiger partial charge is 0.242 e. The van der Waals surface area contributed by atoms with Crippen LogP contribution in [0, 0.1) is 0 Å². The average Bonchev–Trinajstić information content (AvgIpc) is 2.68. The van der Waals surface area contributed by atoms with Gasteiger partial charge in [-0.25, -0.2) is 0 Å². The van der Waals surface area contributed by atoms with Crippen molar-refractivity contribution in [3.63, 3.8) is 0 Å². The van der Waals surface area contributed by atoms with Crippen LogP contribution in [-0.2, 0) is 11.3 Å². The SMILES string of the molecule is COc1cc(CN2CCN(C(=O)C3(N)CCCCC3)CC2)cc(OC)c1. The Labute approximate surface area is 156 Å². The van der Waals surface area contributed by atoms with Gasteiger partial charge in [0.2, 0.25) is 5.91 Å². The summed E-state index contributed by atoms with van der Waals surface area (Å²) in [6, 6.07) is 5.96. The highest BCUT2D eigenvalue weighted by Crippen LogP contribution is 2.28. The lowest BCUT2D eigenvalue weighted by molar-refractivity contribution is -0.140. The molecule has 1 heterocycles. The standard InChI is InChI=1S/C20H31N3O3/c1-25-17-12-16(13-18(14-17)26-2)15-22-8-10-23(11-9-22)19(24)20(21)6-4-3-5-7-20/h12-14H,3-11,15,21H2,1-2H3. The summed E-state index contributed by atoms with van der Waals surface area (Å²) in [5.41, 5.74) is 6.95. The first-order valence-corrected chi connectivity index (χ1v) is 9.57. The van der Waals surface area contributed by atoms with E-state index in [0.717, 1.165) is 75.5 Å². The monoisotopic (exact) mass is 361 g/mol. The molecule has 3 rings (SSSR count).